The van der Waals surface area contributed by atoms with Crippen LogP contribution in [0.3, 0.4) is 0 Å². The van der Waals surface area contributed by atoms with Crippen LogP contribution in [-0.4, -0.2) is 16.8 Å². The smallest absolute Gasteiger partial charge is 0.274 e. The summed E-state index contributed by atoms with van der Waals surface area (Å²) < 4.78 is 0. The third-order valence-corrected chi connectivity index (χ3v) is 2.77. The van der Waals surface area contributed by atoms with Crippen molar-refractivity contribution in [1.82, 2.24) is 4.98 Å². The van der Waals surface area contributed by atoms with Crippen LogP contribution in [0.15, 0.2) is 48.7 Å². The Bertz CT molecular complexity index is 594. The number of carbonyl (C=O) groups is 2. The zero-order valence-corrected chi connectivity index (χ0v) is 10.9. The van der Waals surface area contributed by atoms with Crippen molar-refractivity contribution in [3.8, 4) is 0 Å². The minimum atomic E-state index is -0.322. The van der Waals surface area contributed by atoms with E-state index in [-0.39, 0.29) is 11.8 Å². The molecule has 0 atom stereocenters. The fourth-order valence-electron chi connectivity index (χ4n) is 1.71. The molecule has 5 heteroatoms. The molecule has 0 spiro atoms. The Morgan fingerprint density at radius 1 is 1.10 bits per heavy atom. The first-order chi connectivity index (χ1) is 9.65. The van der Waals surface area contributed by atoms with E-state index in [4.69, 9.17) is 5.73 Å². The van der Waals surface area contributed by atoms with Gasteiger partial charge < -0.3 is 11.1 Å². The molecule has 0 aliphatic carbocycles. The highest BCUT2D eigenvalue weighted by atomic mass is 16.2. The summed E-state index contributed by atoms with van der Waals surface area (Å²) in [6, 6.07) is 12.5. The topological polar surface area (TPSA) is 85.1 Å². The largest absolute Gasteiger partial charge is 0.370 e. The predicted octanol–water partition coefficient (Wildman–Crippen LogP) is 1.75. The lowest BCUT2D eigenvalue weighted by Gasteiger charge is -2.05. The van der Waals surface area contributed by atoms with Crippen LogP contribution in [0.25, 0.3) is 0 Å². The van der Waals surface area contributed by atoms with Crippen LogP contribution in [0.1, 0.15) is 22.5 Å². The van der Waals surface area contributed by atoms with Gasteiger partial charge in [-0.1, -0.05) is 18.2 Å². The number of pyridine rings is 1. The van der Waals surface area contributed by atoms with Crippen molar-refractivity contribution in [3.63, 3.8) is 0 Å². The van der Waals surface area contributed by atoms with Gasteiger partial charge in [-0.3, -0.25) is 14.6 Å². The second-order valence-corrected chi connectivity index (χ2v) is 4.33. The third-order valence-electron chi connectivity index (χ3n) is 2.77. The standard InChI is InChI=1S/C15H15N3O2/c16-14(19)9-6-11-4-7-12(8-5-11)18-15(20)13-3-1-2-10-17-13/h1-5,7-8,10H,6,9H2,(H2,16,19)(H,18,20). The van der Waals surface area contributed by atoms with Crippen molar-refractivity contribution in [3.05, 3.63) is 59.9 Å². The van der Waals surface area contributed by atoms with E-state index in [9.17, 15) is 9.59 Å². The molecule has 102 valence electrons. The molecule has 0 saturated carbocycles. The van der Waals surface area contributed by atoms with Crippen molar-refractivity contribution in [2.24, 2.45) is 5.73 Å². The number of amides is 2. The number of nitrogens with one attached hydrogen (secondary N) is 1. The number of benzene rings is 1. The van der Waals surface area contributed by atoms with Gasteiger partial charge in [0, 0.05) is 18.3 Å². The summed E-state index contributed by atoms with van der Waals surface area (Å²) in [5.41, 5.74) is 7.15. The molecule has 0 unspecified atom stereocenters. The normalized spacial score (nSPS) is 10.0. The summed E-state index contributed by atoms with van der Waals surface area (Å²) in [6.45, 7) is 0. The van der Waals surface area contributed by atoms with E-state index < -0.39 is 0 Å². The lowest BCUT2D eigenvalue weighted by atomic mass is 10.1. The average Bonchev–Trinajstić information content (AvgIpc) is 2.47. The fraction of sp³-hybridized carbons (Fsp3) is 0.133. The molecule has 0 fully saturated rings. The summed E-state index contributed by atoms with van der Waals surface area (Å²) in [4.78, 5) is 26.6. The number of aromatic nitrogens is 1. The second kappa shape index (κ2) is 6.47. The molecule has 3 N–H and O–H groups in total. The van der Waals surface area contributed by atoms with Gasteiger partial charge in [-0.2, -0.15) is 0 Å². The van der Waals surface area contributed by atoms with Gasteiger partial charge in [-0.05, 0) is 36.2 Å². The molecule has 5 nitrogen and oxygen atoms in total. The first kappa shape index (κ1) is 13.7. The Balaban J connectivity index is 1.97. The molecular formula is C15H15N3O2. The zero-order valence-electron chi connectivity index (χ0n) is 10.9. The lowest BCUT2D eigenvalue weighted by Crippen LogP contribution is -2.13. The molecule has 2 amide bonds. The van der Waals surface area contributed by atoms with Crippen molar-refractivity contribution >= 4 is 17.5 Å². The van der Waals surface area contributed by atoms with Crippen LogP contribution in [0.4, 0.5) is 5.69 Å². The van der Waals surface area contributed by atoms with E-state index in [1.54, 1.807) is 36.5 Å². The summed E-state index contributed by atoms with van der Waals surface area (Å²) in [5.74, 6) is -0.576. The minimum Gasteiger partial charge on any atom is -0.370 e. The van der Waals surface area contributed by atoms with Gasteiger partial charge >= 0.3 is 0 Å². The molecule has 1 aromatic carbocycles. The number of aryl methyl sites for hydroxylation is 1. The van der Waals surface area contributed by atoms with Crippen LogP contribution in [0, 0.1) is 0 Å². The molecule has 2 aromatic rings. The maximum Gasteiger partial charge on any atom is 0.274 e. The Hall–Kier alpha value is -2.69. The van der Waals surface area contributed by atoms with Crippen molar-refractivity contribution < 1.29 is 9.59 Å². The number of primary amides is 1. The molecule has 0 saturated heterocycles. The third kappa shape index (κ3) is 3.91. The summed E-state index contributed by atoms with van der Waals surface area (Å²) >= 11 is 0. The number of nitrogens with two attached hydrogens (primary N) is 1. The number of hydrogen-bond acceptors (Lipinski definition) is 3. The summed E-state index contributed by atoms with van der Waals surface area (Å²) in [6.07, 6.45) is 2.49. The maximum atomic E-state index is 11.9. The SMILES string of the molecule is NC(=O)CCc1ccc(NC(=O)c2ccccn2)cc1. The van der Waals surface area contributed by atoms with Crippen molar-refractivity contribution in [1.29, 1.82) is 0 Å². The predicted molar refractivity (Wildman–Crippen MR) is 76.1 cm³/mol. The first-order valence-corrected chi connectivity index (χ1v) is 6.25. The molecule has 0 aliphatic rings. The number of hydrogen-bond donors (Lipinski definition) is 2. The van der Waals surface area contributed by atoms with E-state index >= 15 is 0 Å². The van der Waals surface area contributed by atoms with Crippen LogP contribution in [-0.2, 0) is 11.2 Å². The van der Waals surface area contributed by atoms with E-state index in [0.29, 0.717) is 24.2 Å². The van der Waals surface area contributed by atoms with Crippen LogP contribution >= 0.6 is 0 Å². The van der Waals surface area contributed by atoms with E-state index in [0.717, 1.165) is 5.56 Å². The lowest BCUT2D eigenvalue weighted by molar-refractivity contribution is -0.117. The van der Waals surface area contributed by atoms with Crippen LogP contribution < -0.4 is 11.1 Å². The highest BCUT2D eigenvalue weighted by Crippen LogP contribution is 2.12. The molecule has 20 heavy (non-hydrogen) atoms. The Kier molecular flexibility index (Phi) is 4.44. The zero-order chi connectivity index (χ0) is 14.4. The number of rotatable bonds is 5. The van der Waals surface area contributed by atoms with Crippen molar-refractivity contribution in [2.45, 2.75) is 12.8 Å². The van der Waals surface area contributed by atoms with Gasteiger partial charge in [0.05, 0.1) is 0 Å². The molecule has 0 bridgehead atoms. The second-order valence-electron chi connectivity index (χ2n) is 4.33. The van der Waals surface area contributed by atoms with Gasteiger partial charge in [-0.15, -0.1) is 0 Å². The fourth-order valence-corrected chi connectivity index (χ4v) is 1.71. The highest BCUT2D eigenvalue weighted by molar-refractivity contribution is 6.02. The van der Waals surface area contributed by atoms with Crippen LogP contribution in [0.5, 0.6) is 0 Å². The average molecular weight is 269 g/mol. The number of anilines is 1. The molecular weight excluding hydrogens is 254 g/mol. The Morgan fingerprint density at radius 3 is 2.45 bits per heavy atom. The molecule has 0 radical (unpaired) electrons. The Labute approximate surface area is 116 Å². The van der Waals surface area contributed by atoms with Gasteiger partial charge in [0.15, 0.2) is 0 Å². The first-order valence-electron chi connectivity index (χ1n) is 6.25. The molecule has 2 rings (SSSR count). The van der Waals surface area contributed by atoms with Gasteiger partial charge in [0.2, 0.25) is 5.91 Å². The summed E-state index contributed by atoms with van der Waals surface area (Å²) in [5, 5.41) is 2.76. The van der Waals surface area contributed by atoms with Gasteiger partial charge in [0.1, 0.15) is 5.69 Å². The molecule has 1 heterocycles. The van der Waals surface area contributed by atoms with Gasteiger partial charge in [0.25, 0.3) is 5.91 Å². The number of nitrogens with zero attached hydrogens (tertiary/aromatic N) is 1. The van der Waals surface area contributed by atoms with E-state index in [1.807, 2.05) is 12.1 Å². The maximum absolute atomic E-state index is 11.9. The van der Waals surface area contributed by atoms with Crippen LogP contribution in [0.2, 0.25) is 0 Å². The minimum absolute atomic E-state index is 0.254. The Morgan fingerprint density at radius 2 is 1.85 bits per heavy atom. The van der Waals surface area contributed by atoms with Crippen molar-refractivity contribution in [2.75, 3.05) is 5.32 Å². The summed E-state index contributed by atoms with van der Waals surface area (Å²) in [7, 11) is 0. The monoisotopic (exact) mass is 269 g/mol. The highest BCUT2D eigenvalue weighted by Gasteiger charge is 2.06. The van der Waals surface area contributed by atoms with E-state index in [1.165, 1.54) is 0 Å². The van der Waals surface area contributed by atoms with Gasteiger partial charge in [-0.25, -0.2) is 0 Å². The molecule has 1 aromatic heterocycles. The number of carbonyl (C=O) groups excluding carboxylic acids is 2. The van der Waals surface area contributed by atoms with E-state index in [2.05, 4.69) is 10.3 Å². The molecule has 0 aliphatic heterocycles. The quantitative estimate of drug-likeness (QED) is 0.867.